The molecule has 0 aromatic heterocycles. The van der Waals surface area contributed by atoms with Crippen LogP contribution in [0, 0.1) is 0 Å². The van der Waals surface area contributed by atoms with Crippen LogP contribution in [0.2, 0.25) is 0 Å². The lowest BCUT2D eigenvalue weighted by molar-refractivity contribution is 0.00129. The predicted molar refractivity (Wildman–Crippen MR) is 84.8 cm³/mol. The third-order valence-corrected chi connectivity index (χ3v) is 3.93. The highest BCUT2D eigenvalue weighted by Gasteiger charge is 2.16. The molecule has 0 saturated heterocycles. The van der Waals surface area contributed by atoms with E-state index in [-0.39, 0.29) is 0 Å². The molecule has 0 radical (unpaired) electrons. The van der Waals surface area contributed by atoms with Gasteiger partial charge in [-0.15, -0.1) is 0 Å². The van der Waals surface area contributed by atoms with Gasteiger partial charge in [-0.05, 0) is 26.2 Å². The highest BCUT2D eigenvalue weighted by molar-refractivity contribution is 4.68. The average molecular weight is 288 g/mol. The first-order chi connectivity index (χ1) is 9.57. The summed E-state index contributed by atoms with van der Waals surface area (Å²) < 4.78 is 0. The fourth-order valence-corrected chi connectivity index (χ4v) is 2.46. The van der Waals surface area contributed by atoms with E-state index in [1.165, 1.54) is 44.9 Å². The predicted octanol–water partition coefficient (Wildman–Crippen LogP) is 3.79. The molecule has 3 heteroatoms. The molecule has 122 valence electrons. The summed E-state index contributed by atoms with van der Waals surface area (Å²) in [6.07, 6.45) is 11.4. The molecule has 3 nitrogen and oxygen atoms in total. The van der Waals surface area contributed by atoms with Crippen molar-refractivity contribution in [3.63, 3.8) is 0 Å². The molecule has 0 aliphatic heterocycles. The van der Waals surface area contributed by atoms with Crippen molar-refractivity contribution in [2.75, 3.05) is 0 Å². The first-order valence-electron chi connectivity index (χ1n) is 8.62. The van der Waals surface area contributed by atoms with Crippen LogP contribution in [-0.4, -0.2) is 33.6 Å². The topological polar surface area (TPSA) is 60.7 Å². The quantitative estimate of drug-likeness (QED) is 0.426. The molecular formula is C17H36O3. The van der Waals surface area contributed by atoms with E-state index < -0.39 is 18.3 Å². The van der Waals surface area contributed by atoms with Crippen LogP contribution in [0.5, 0.6) is 0 Å². The summed E-state index contributed by atoms with van der Waals surface area (Å²) in [5, 5.41) is 28.7. The highest BCUT2D eigenvalue weighted by atomic mass is 16.3. The molecule has 20 heavy (non-hydrogen) atoms. The maximum absolute atomic E-state index is 9.80. The van der Waals surface area contributed by atoms with Crippen LogP contribution in [0.25, 0.3) is 0 Å². The lowest BCUT2D eigenvalue weighted by atomic mass is 10.00. The Morgan fingerprint density at radius 1 is 0.600 bits per heavy atom. The minimum Gasteiger partial charge on any atom is -0.393 e. The monoisotopic (exact) mass is 288 g/mol. The molecule has 0 rings (SSSR count). The van der Waals surface area contributed by atoms with Crippen molar-refractivity contribution in [2.24, 2.45) is 0 Å². The Morgan fingerprint density at radius 2 is 1.05 bits per heavy atom. The van der Waals surface area contributed by atoms with Gasteiger partial charge in [-0.1, -0.05) is 64.7 Å². The summed E-state index contributed by atoms with van der Waals surface area (Å²) in [5.74, 6) is 0. The number of aliphatic hydroxyl groups is 3. The van der Waals surface area contributed by atoms with Gasteiger partial charge in [-0.3, -0.25) is 0 Å². The van der Waals surface area contributed by atoms with Gasteiger partial charge in [0.2, 0.25) is 0 Å². The second-order valence-electron chi connectivity index (χ2n) is 6.18. The molecule has 3 atom stereocenters. The van der Waals surface area contributed by atoms with Crippen molar-refractivity contribution in [3.05, 3.63) is 0 Å². The summed E-state index contributed by atoms with van der Waals surface area (Å²) in [5.41, 5.74) is 0. The van der Waals surface area contributed by atoms with Gasteiger partial charge in [0.25, 0.3) is 0 Å². The second kappa shape index (κ2) is 13.8. The zero-order chi connectivity index (χ0) is 15.2. The standard InChI is InChI=1S/C17H36O3/c1-3-4-5-6-7-8-9-10-11-12-16(19)17(20)14-13-15(2)18/h15-20H,3-14H2,1-2H3. The van der Waals surface area contributed by atoms with E-state index in [4.69, 9.17) is 5.11 Å². The van der Waals surface area contributed by atoms with E-state index in [1.807, 2.05) is 0 Å². The van der Waals surface area contributed by atoms with Crippen LogP contribution < -0.4 is 0 Å². The van der Waals surface area contributed by atoms with E-state index in [0.717, 1.165) is 12.8 Å². The Morgan fingerprint density at radius 3 is 1.55 bits per heavy atom. The Labute approximate surface area is 125 Å². The van der Waals surface area contributed by atoms with Gasteiger partial charge in [-0.2, -0.15) is 0 Å². The molecule has 0 heterocycles. The minimum atomic E-state index is -0.682. The van der Waals surface area contributed by atoms with Crippen LogP contribution in [0.15, 0.2) is 0 Å². The number of aliphatic hydroxyl groups excluding tert-OH is 3. The average Bonchev–Trinajstić information content (AvgIpc) is 2.42. The molecule has 0 saturated carbocycles. The first kappa shape index (κ1) is 19.9. The van der Waals surface area contributed by atoms with E-state index in [0.29, 0.717) is 19.3 Å². The number of hydrogen-bond donors (Lipinski definition) is 3. The smallest absolute Gasteiger partial charge is 0.0800 e. The van der Waals surface area contributed by atoms with Crippen LogP contribution in [-0.2, 0) is 0 Å². The van der Waals surface area contributed by atoms with Gasteiger partial charge in [0.1, 0.15) is 0 Å². The molecule has 0 spiro atoms. The van der Waals surface area contributed by atoms with E-state index in [9.17, 15) is 10.2 Å². The normalized spacial score (nSPS) is 16.1. The molecule has 0 fully saturated rings. The number of unbranched alkanes of at least 4 members (excludes halogenated alkanes) is 8. The summed E-state index contributed by atoms with van der Waals surface area (Å²) in [4.78, 5) is 0. The van der Waals surface area contributed by atoms with E-state index in [1.54, 1.807) is 6.92 Å². The molecule has 0 bridgehead atoms. The van der Waals surface area contributed by atoms with E-state index >= 15 is 0 Å². The van der Waals surface area contributed by atoms with Crippen molar-refractivity contribution in [3.8, 4) is 0 Å². The van der Waals surface area contributed by atoms with Gasteiger partial charge in [0, 0.05) is 0 Å². The Kier molecular flexibility index (Phi) is 13.8. The fraction of sp³-hybridized carbons (Fsp3) is 1.00. The lowest BCUT2D eigenvalue weighted by Crippen LogP contribution is -2.26. The summed E-state index contributed by atoms with van der Waals surface area (Å²) in [6.45, 7) is 3.94. The molecule has 0 aromatic rings. The van der Waals surface area contributed by atoms with Gasteiger partial charge in [0.15, 0.2) is 0 Å². The molecule has 0 aromatic carbocycles. The molecule has 0 aliphatic rings. The third-order valence-electron chi connectivity index (χ3n) is 3.93. The summed E-state index contributed by atoms with van der Waals surface area (Å²) in [6, 6.07) is 0. The first-order valence-corrected chi connectivity index (χ1v) is 8.62. The zero-order valence-electron chi connectivity index (χ0n) is 13.6. The largest absolute Gasteiger partial charge is 0.393 e. The Balaban J connectivity index is 3.32. The third kappa shape index (κ3) is 12.9. The number of hydrogen-bond acceptors (Lipinski definition) is 3. The van der Waals surface area contributed by atoms with Gasteiger partial charge in [-0.25, -0.2) is 0 Å². The van der Waals surface area contributed by atoms with Crippen molar-refractivity contribution < 1.29 is 15.3 Å². The molecule has 0 aliphatic carbocycles. The number of rotatable bonds is 14. The Bertz CT molecular complexity index is 195. The maximum atomic E-state index is 9.80. The Hall–Kier alpha value is -0.120. The fourth-order valence-electron chi connectivity index (χ4n) is 2.46. The van der Waals surface area contributed by atoms with Gasteiger partial charge in [0.05, 0.1) is 18.3 Å². The van der Waals surface area contributed by atoms with E-state index in [2.05, 4.69) is 6.92 Å². The van der Waals surface area contributed by atoms with Gasteiger partial charge >= 0.3 is 0 Å². The SMILES string of the molecule is CCCCCCCCCCCC(O)C(O)CCC(C)O. The van der Waals surface area contributed by atoms with Gasteiger partial charge < -0.3 is 15.3 Å². The molecule has 3 N–H and O–H groups in total. The van der Waals surface area contributed by atoms with Crippen molar-refractivity contribution in [1.82, 2.24) is 0 Å². The summed E-state index contributed by atoms with van der Waals surface area (Å²) in [7, 11) is 0. The zero-order valence-corrected chi connectivity index (χ0v) is 13.6. The highest BCUT2D eigenvalue weighted by Crippen LogP contribution is 2.14. The van der Waals surface area contributed by atoms with Crippen molar-refractivity contribution >= 4 is 0 Å². The minimum absolute atomic E-state index is 0.399. The van der Waals surface area contributed by atoms with Crippen LogP contribution in [0.4, 0.5) is 0 Å². The molecule has 3 unspecified atom stereocenters. The maximum Gasteiger partial charge on any atom is 0.0800 e. The molecule has 0 amide bonds. The molecular weight excluding hydrogens is 252 g/mol. The van der Waals surface area contributed by atoms with Crippen LogP contribution in [0.1, 0.15) is 90.9 Å². The van der Waals surface area contributed by atoms with Crippen molar-refractivity contribution in [2.45, 2.75) is 109 Å². The van der Waals surface area contributed by atoms with Crippen LogP contribution >= 0.6 is 0 Å². The summed E-state index contributed by atoms with van der Waals surface area (Å²) >= 11 is 0. The lowest BCUT2D eigenvalue weighted by Gasteiger charge is -2.18. The van der Waals surface area contributed by atoms with Crippen molar-refractivity contribution in [1.29, 1.82) is 0 Å². The van der Waals surface area contributed by atoms with Crippen LogP contribution in [0.3, 0.4) is 0 Å². The second-order valence-corrected chi connectivity index (χ2v) is 6.18.